The van der Waals surface area contributed by atoms with Gasteiger partial charge < -0.3 is 15.6 Å². The molecule has 6 heteroatoms. The van der Waals surface area contributed by atoms with E-state index >= 15 is 0 Å². The Kier molecular flexibility index (Phi) is 6.68. The van der Waals surface area contributed by atoms with Gasteiger partial charge in [0.25, 0.3) is 0 Å². The fraction of sp³-hybridized carbons (Fsp3) is 0.185. The Bertz CT molecular complexity index is 1130. The van der Waals surface area contributed by atoms with E-state index in [2.05, 4.69) is 9.97 Å². The van der Waals surface area contributed by atoms with E-state index in [-0.39, 0.29) is 18.3 Å². The summed E-state index contributed by atoms with van der Waals surface area (Å²) < 4.78 is 7.05. The zero-order valence-electron chi connectivity index (χ0n) is 18.4. The Labute approximate surface area is 192 Å². The molecule has 168 valence electrons. The summed E-state index contributed by atoms with van der Waals surface area (Å²) >= 11 is 0. The van der Waals surface area contributed by atoms with Gasteiger partial charge >= 0.3 is 5.69 Å². The molecule has 4 N–H and O–H groups in total. The van der Waals surface area contributed by atoms with Crippen LogP contribution in [0, 0.1) is 5.92 Å². The van der Waals surface area contributed by atoms with Crippen molar-refractivity contribution in [3.8, 4) is 0 Å². The Morgan fingerprint density at radius 1 is 0.909 bits per heavy atom. The normalized spacial score (nSPS) is 13.4. The molecule has 4 rings (SSSR count). The Balaban J connectivity index is 2.00. The molecule has 0 saturated heterocycles. The first kappa shape index (κ1) is 22.5. The van der Waals surface area contributed by atoms with Crippen molar-refractivity contribution in [2.45, 2.75) is 18.6 Å². The lowest BCUT2D eigenvalue weighted by atomic mass is 9.79. The minimum Gasteiger partial charge on any atom is -0.396 e. The van der Waals surface area contributed by atoms with Crippen LogP contribution >= 0.6 is 0 Å². The summed E-state index contributed by atoms with van der Waals surface area (Å²) in [5.41, 5.74) is 7.93. The third kappa shape index (κ3) is 4.44. The smallest absolute Gasteiger partial charge is 0.346 e. The van der Waals surface area contributed by atoms with Gasteiger partial charge in [-0.05, 0) is 16.7 Å². The molecule has 0 fully saturated rings. The van der Waals surface area contributed by atoms with Crippen LogP contribution in [0.25, 0.3) is 0 Å². The van der Waals surface area contributed by atoms with Gasteiger partial charge in [0.15, 0.2) is 0 Å². The monoisotopic (exact) mass is 441 g/mol. The van der Waals surface area contributed by atoms with Crippen LogP contribution < -0.4 is 11.4 Å². The number of benzene rings is 3. The fourth-order valence-electron chi connectivity index (χ4n) is 4.14. The lowest BCUT2D eigenvalue weighted by Gasteiger charge is -2.40. The number of H-pyrrole nitrogens is 1. The van der Waals surface area contributed by atoms with Crippen molar-refractivity contribution in [3.05, 3.63) is 130 Å². The summed E-state index contributed by atoms with van der Waals surface area (Å²) in [4.78, 5) is 18.1. The topological polar surface area (TPSA) is 101 Å². The lowest BCUT2D eigenvalue weighted by molar-refractivity contribution is -0.0824. The number of ether oxygens (including phenoxy) is 1. The average molecular weight is 442 g/mol. The molecule has 1 unspecified atom stereocenters. The zero-order chi connectivity index (χ0) is 23.3. The van der Waals surface area contributed by atoms with Crippen molar-refractivity contribution in [2.24, 2.45) is 5.92 Å². The van der Waals surface area contributed by atoms with Crippen LogP contribution in [0.4, 0.5) is 5.82 Å². The minimum absolute atomic E-state index is 0.141. The van der Waals surface area contributed by atoms with Gasteiger partial charge in [-0.25, -0.2) is 9.78 Å². The van der Waals surface area contributed by atoms with Crippen molar-refractivity contribution < 1.29 is 9.84 Å². The number of aliphatic hydroxyl groups is 1. The Morgan fingerprint density at radius 3 is 1.76 bits per heavy atom. The number of nitrogens with zero attached hydrogens (tertiary/aromatic N) is 1. The van der Waals surface area contributed by atoms with Gasteiger partial charge in [0.1, 0.15) is 11.4 Å². The summed E-state index contributed by atoms with van der Waals surface area (Å²) in [7, 11) is 0. The first-order chi connectivity index (χ1) is 16.1. The maximum Gasteiger partial charge on any atom is 0.346 e. The molecular weight excluding hydrogens is 414 g/mol. The molecule has 0 aliphatic heterocycles. The van der Waals surface area contributed by atoms with Crippen LogP contribution in [0.1, 0.15) is 35.3 Å². The fourth-order valence-corrected chi connectivity index (χ4v) is 4.14. The number of aromatic amines is 1. The highest BCUT2D eigenvalue weighted by Crippen LogP contribution is 2.46. The van der Waals surface area contributed by atoms with Gasteiger partial charge in [-0.1, -0.05) is 97.9 Å². The lowest BCUT2D eigenvalue weighted by Crippen LogP contribution is -2.37. The molecule has 0 saturated carbocycles. The Hall–Kier alpha value is -3.74. The van der Waals surface area contributed by atoms with Gasteiger partial charge in [-0.2, -0.15) is 0 Å². The van der Waals surface area contributed by atoms with Gasteiger partial charge in [0, 0.05) is 24.3 Å². The van der Waals surface area contributed by atoms with Crippen LogP contribution in [-0.4, -0.2) is 21.7 Å². The van der Waals surface area contributed by atoms with Gasteiger partial charge in [0.2, 0.25) is 0 Å². The number of nitrogen functional groups attached to an aromatic ring is 1. The van der Waals surface area contributed by atoms with E-state index in [0.717, 1.165) is 16.7 Å². The molecule has 2 atom stereocenters. The number of rotatable bonds is 8. The van der Waals surface area contributed by atoms with Gasteiger partial charge in [-0.3, -0.25) is 4.98 Å². The largest absolute Gasteiger partial charge is 0.396 e. The summed E-state index contributed by atoms with van der Waals surface area (Å²) in [6.45, 7) is 1.73. The SMILES string of the molecule is CC(CO)[C@H](OC(c1ccccc1)(c1ccccc1)c1ccccc1)c1cnc(=O)[nH]c1N. The molecule has 0 aliphatic carbocycles. The number of aromatic nitrogens is 2. The van der Waals surface area contributed by atoms with Crippen molar-refractivity contribution in [2.75, 3.05) is 12.3 Å². The van der Waals surface area contributed by atoms with E-state index < -0.39 is 17.4 Å². The Morgan fingerprint density at radius 2 is 1.36 bits per heavy atom. The standard InChI is InChI=1S/C27H27N3O3/c1-19(18-31)24(23-17-29-26(32)30-25(23)28)33-27(20-11-5-2-6-12-20,21-13-7-3-8-14-21)22-15-9-4-10-16-22/h2-17,19,24,31H,18H2,1H3,(H3,28,29,30,32)/t19?,24-/m0/s1. The van der Waals surface area contributed by atoms with E-state index in [9.17, 15) is 9.90 Å². The second-order valence-corrected chi connectivity index (χ2v) is 8.03. The van der Waals surface area contributed by atoms with Gasteiger partial charge in [-0.15, -0.1) is 0 Å². The predicted molar refractivity (Wildman–Crippen MR) is 129 cm³/mol. The highest BCUT2D eigenvalue weighted by Gasteiger charge is 2.41. The number of aliphatic hydroxyl groups excluding tert-OH is 1. The molecule has 6 nitrogen and oxygen atoms in total. The number of hydrogen-bond donors (Lipinski definition) is 3. The third-order valence-electron chi connectivity index (χ3n) is 5.83. The molecule has 0 aliphatic rings. The van der Waals surface area contributed by atoms with Crippen LogP contribution in [0.3, 0.4) is 0 Å². The second kappa shape index (κ2) is 9.81. The first-order valence-corrected chi connectivity index (χ1v) is 10.9. The molecular formula is C27H27N3O3. The van der Waals surface area contributed by atoms with Crippen LogP contribution in [0.15, 0.2) is 102 Å². The zero-order valence-corrected chi connectivity index (χ0v) is 18.4. The second-order valence-electron chi connectivity index (χ2n) is 8.03. The number of hydrogen-bond acceptors (Lipinski definition) is 5. The molecule has 0 bridgehead atoms. The number of anilines is 1. The van der Waals surface area contributed by atoms with E-state index in [1.165, 1.54) is 6.20 Å². The number of nitrogens with one attached hydrogen (secondary N) is 1. The number of nitrogens with two attached hydrogens (primary N) is 1. The first-order valence-electron chi connectivity index (χ1n) is 10.9. The molecule has 4 aromatic rings. The summed E-state index contributed by atoms with van der Waals surface area (Å²) in [6.07, 6.45) is 0.761. The average Bonchev–Trinajstić information content (AvgIpc) is 2.87. The summed E-state index contributed by atoms with van der Waals surface area (Å²) in [5, 5.41) is 10.1. The highest BCUT2D eigenvalue weighted by atomic mass is 16.5. The summed E-state index contributed by atoms with van der Waals surface area (Å²) in [5.74, 6) is -0.168. The maximum atomic E-state index is 11.7. The molecule has 0 radical (unpaired) electrons. The van der Waals surface area contributed by atoms with E-state index in [4.69, 9.17) is 10.5 Å². The minimum atomic E-state index is -1.01. The highest BCUT2D eigenvalue weighted by molar-refractivity contribution is 5.48. The summed E-state index contributed by atoms with van der Waals surface area (Å²) in [6, 6.07) is 29.9. The van der Waals surface area contributed by atoms with Crippen molar-refractivity contribution in [3.63, 3.8) is 0 Å². The molecule has 0 amide bonds. The molecule has 1 aromatic heterocycles. The van der Waals surface area contributed by atoms with Crippen LogP contribution in [0.5, 0.6) is 0 Å². The predicted octanol–water partition coefficient (Wildman–Crippen LogP) is 4.03. The van der Waals surface area contributed by atoms with Crippen molar-refractivity contribution in [1.82, 2.24) is 9.97 Å². The molecule has 3 aromatic carbocycles. The molecule has 0 spiro atoms. The molecule has 1 heterocycles. The van der Waals surface area contributed by atoms with Crippen LogP contribution in [-0.2, 0) is 10.3 Å². The van der Waals surface area contributed by atoms with Crippen LogP contribution in [0.2, 0.25) is 0 Å². The van der Waals surface area contributed by atoms with Crippen molar-refractivity contribution in [1.29, 1.82) is 0 Å². The van der Waals surface area contributed by atoms with Gasteiger partial charge in [0.05, 0.1) is 6.10 Å². The van der Waals surface area contributed by atoms with E-state index in [1.807, 2.05) is 97.9 Å². The molecule has 33 heavy (non-hydrogen) atoms. The maximum absolute atomic E-state index is 11.7. The van der Waals surface area contributed by atoms with Crippen molar-refractivity contribution >= 4 is 5.82 Å². The third-order valence-corrected chi connectivity index (χ3v) is 5.83. The van der Waals surface area contributed by atoms with E-state index in [0.29, 0.717) is 5.56 Å². The van der Waals surface area contributed by atoms with E-state index in [1.54, 1.807) is 0 Å². The quantitative estimate of drug-likeness (QED) is 0.358.